The molecule has 0 aliphatic carbocycles. The fourth-order valence-electron chi connectivity index (χ4n) is 1.02. The van der Waals surface area contributed by atoms with E-state index in [-0.39, 0.29) is 12.3 Å². The van der Waals surface area contributed by atoms with Crippen molar-refractivity contribution in [2.45, 2.75) is 6.42 Å². The number of hydrogen-bond donors (Lipinski definition) is 1. The summed E-state index contributed by atoms with van der Waals surface area (Å²) in [7, 11) is 5.81. The van der Waals surface area contributed by atoms with Gasteiger partial charge in [-0.05, 0) is 0 Å². The fraction of sp³-hybridized carbons (Fsp3) is 0.750. The van der Waals surface area contributed by atoms with Gasteiger partial charge in [-0.15, -0.1) is 0 Å². The second-order valence-corrected chi connectivity index (χ2v) is 3.90. The molecule has 0 rings (SSSR count). The lowest BCUT2D eigenvalue weighted by Crippen LogP contribution is -2.39. The van der Waals surface area contributed by atoms with E-state index in [1.807, 2.05) is 27.2 Å². The van der Waals surface area contributed by atoms with E-state index >= 15 is 0 Å². The fourth-order valence-corrected chi connectivity index (χ4v) is 1.02. The molecule has 4 heteroatoms. The van der Waals surface area contributed by atoms with E-state index < -0.39 is 5.97 Å². The molecule has 0 aromatic rings. The van der Waals surface area contributed by atoms with Crippen LogP contribution in [0.15, 0.2) is 0 Å². The van der Waals surface area contributed by atoms with Gasteiger partial charge in [0.25, 0.3) is 0 Å². The number of carboxylic acid groups (broad SMARTS) is 1. The van der Waals surface area contributed by atoms with Crippen LogP contribution >= 0.6 is 0 Å². The standard InChI is InChI=1S/C8H14N2O2/c1-10(2,3)6-7(5-9)4-8(11)12/h7H,4,6H2,1-3H3/p+1. The van der Waals surface area contributed by atoms with Crippen LogP contribution in [0.4, 0.5) is 0 Å². The summed E-state index contributed by atoms with van der Waals surface area (Å²) in [4.78, 5) is 10.3. The lowest BCUT2D eigenvalue weighted by molar-refractivity contribution is -0.872. The largest absolute Gasteiger partial charge is 0.481 e. The average molecular weight is 171 g/mol. The van der Waals surface area contributed by atoms with Gasteiger partial charge < -0.3 is 9.59 Å². The quantitative estimate of drug-likeness (QED) is 0.619. The molecule has 0 aromatic heterocycles. The van der Waals surface area contributed by atoms with Gasteiger partial charge in [-0.2, -0.15) is 5.26 Å². The Morgan fingerprint density at radius 3 is 2.33 bits per heavy atom. The highest BCUT2D eigenvalue weighted by molar-refractivity contribution is 5.67. The summed E-state index contributed by atoms with van der Waals surface area (Å²) in [5, 5.41) is 17.1. The second-order valence-electron chi connectivity index (χ2n) is 3.90. The maximum Gasteiger partial charge on any atom is 0.304 e. The molecule has 68 valence electrons. The second kappa shape index (κ2) is 4.07. The molecule has 0 radical (unpaired) electrons. The van der Waals surface area contributed by atoms with E-state index in [4.69, 9.17) is 10.4 Å². The van der Waals surface area contributed by atoms with Gasteiger partial charge in [0.15, 0.2) is 0 Å². The maximum absolute atomic E-state index is 10.3. The molecule has 0 amide bonds. The van der Waals surface area contributed by atoms with Gasteiger partial charge >= 0.3 is 5.97 Å². The molecule has 0 aromatic carbocycles. The van der Waals surface area contributed by atoms with Crippen molar-refractivity contribution < 1.29 is 14.4 Å². The molecular formula is C8H15N2O2+. The van der Waals surface area contributed by atoms with Crippen LogP contribution in [0.3, 0.4) is 0 Å². The van der Waals surface area contributed by atoms with Crippen LogP contribution in [0.25, 0.3) is 0 Å². The summed E-state index contributed by atoms with van der Waals surface area (Å²) in [6, 6.07) is 1.99. The number of carbonyl (C=O) groups is 1. The first-order valence-electron chi connectivity index (χ1n) is 3.77. The molecule has 0 fully saturated rings. The Hall–Kier alpha value is -1.08. The topological polar surface area (TPSA) is 61.1 Å². The third-order valence-electron chi connectivity index (χ3n) is 1.37. The zero-order chi connectivity index (χ0) is 9.78. The van der Waals surface area contributed by atoms with Crippen LogP contribution in [-0.4, -0.2) is 43.2 Å². The van der Waals surface area contributed by atoms with Crippen molar-refractivity contribution in [2.75, 3.05) is 27.7 Å². The van der Waals surface area contributed by atoms with Crippen LogP contribution in [0.2, 0.25) is 0 Å². The minimum absolute atomic E-state index is 0.0635. The Morgan fingerprint density at radius 2 is 2.08 bits per heavy atom. The third-order valence-corrected chi connectivity index (χ3v) is 1.37. The molecule has 0 spiro atoms. The predicted octanol–water partition coefficient (Wildman–Crippen LogP) is 0.307. The summed E-state index contributed by atoms with van der Waals surface area (Å²) >= 11 is 0. The van der Waals surface area contributed by atoms with Crippen molar-refractivity contribution in [3.63, 3.8) is 0 Å². The van der Waals surface area contributed by atoms with Gasteiger partial charge in [0.2, 0.25) is 0 Å². The van der Waals surface area contributed by atoms with Gasteiger partial charge in [-0.25, -0.2) is 0 Å². The molecule has 1 N–H and O–H groups in total. The van der Waals surface area contributed by atoms with Crippen molar-refractivity contribution in [3.05, 3.63) is 0 Å². The normalized spacial score (nSPS) is 13.5. The summed E-state index contributed by atoms with van der Waals surface area (Å²) in [5.41, 5.74) is 0. The van der Waals surface area contributed by atoms with E-state index in [1.165, 1.54) is 0 Å². The summed E-state index contributed by atoms with van der Waals surface area (Å²) in [6.07, 6.45) is -0.0635. The molecular weight excluding hydrogens is 156 g/mol. The van der Waals surface area contributed by atoms with E-state index in [0.29, 0.717) is 11.0 Å². The Balaban J connectivity index is 4.03. The van der Waals surface area contributed by atoms with E-state index in [9.17, 15) is 4.79 Å². The predicted molar refractivity (Wildman–Crippen MR) is 44.3 cm³/mol. The summed E-state index contributed by atoms with van der Waals surface area (Å²) in [5.74, 6) is -1.29. The number of aliphatic carboxylic acids is 1. The third kappa shape index (κ3) is 5.69. The highest BCUT2D eigenvalue weighted by atomic mass is 16.4. The van der Waals surface area contributed by atoms with Crippen LogP contribution in [-0.2, 0) is 4.79 Å². The van der Waals surface area contributed by atoms with Crippen molar-refractivity contribution in [1.82, 2.24) is 0 Å². The van der Waals surface area contributed by atoms with Crippen LogP contribution in [0.1, 0.15) is 6.42 Å². The molecule has 0 bridgehead atoms. The molecule has 1 unspecified atom stereocenters. The highest BCUT2D eigenvalue weighted by Crippen LogP contribution is 2.06. The van der Waals surface area contributed by atoms with Crippen LogP contribution < -0.4 is 0 Å². The number of hydrogen-bond acceptors (Lipinski definition) is 2. The van der Waals surface area contributed by atoms with E-state index in [1.54, 1.807) is 0 Å². The van der Waals surface area contributed by atoms with Gasteiger partial charge in [0.05, 0.1) is 40.2 Å². The molecule has 0 heterocycles. The van der Waals surface area contributed by atoms with Crippen molar-refractivity contribution in [2.24, 2.45) is 5.92 Å². The average Bonchev–Trinajstić information content (AvgIpc) is 1.82. The first kappa shape index (κ1) is 10.9. The molecule has 0 aliphatic rings. The summed E-state index contributed by atoms with van der Waals surface area (Å²) in [6.45, 7) is 0.572. The Labute approximate surface area is 72.6 Å². The zero-order valence-electron chi connectivity index (χ0n) is 7.74. The Bertz CT molecular complexity index is 200. The van der Waals surface area contributed by atoms with Crippen LogP contribution in [0.5, 0.6) is 0 Å². The zero-order valence-corrected chi connectivity index (χ0v) is 7.74. The lowest BCUT2D eigenvalue weighted by Gasteiger charge is -2.25. The van der Waals surface area contributed by atoms with E-state index in [2.05, 4.69) is 0 Å². The summed E-state index contributed by atoms with van der Waals surface area (Å²) < 4.78 is 0.617. The molecule has 12 heavy (non-hydrogen) atoms. The van der Waals surface area contributed by atoms with Gasteiger partial charge in [-0.1, -0.05) is 0 Å². The first-order chi connectivity index (χ1) is 5.35. The van der Waals surface area contributed by atoms with Crippen LogP contribution in [0, 0.1) is 17.2 Å². The molecule has 4 nitrogen and oxygen atoms in total. The highest BCUT2D eigenvalue weighted by Gasteiger charge is 2.20. The van der Waals surface area contributed by atoms with E-state index in [0.717, 1.165) is 0 Å². The number of quaternary nitrogens is 1. The SMILES string of the molecule is C[N+](C)(C)CC(C#N)CC(=O)O. The number of nitrogens with zero attached hydrogens (tertiary/aromatic N) is 2. The number of rotatable bonds is 4. The maximum atomic E-state index is 10.3. The minimum Gasteiger partial charge on any atom is -0.481 e. The van der Waals surface area contributed by atoms with Gasteiger partial charge in [0, 0.05) is 0 Å². The molecule has 0 aliphatic heterocycles. The molecule has 0 saturated heterocycles. The number of carboxylic acids is 1. The Kier molecular flexibility index (Phi) is 3.71. The van der Waals surface area contributed by atoms with Gasteiger partial charge in [0.1, 0.15) is 5.92 Å². The van der Waals surface area contributed by atoms with Crippen molar-refractivity contribution >= 4 is 5.97 Å². The molecule has 0 saturated carbocycles. The van der Waals surface area contributed by atoms with Gasteiger partial charge in [-0.3, -0.25) is 4.79 Å². The monoisotopic (exact) mass is 171 g/mol. The first-order valence-corrected chi connectivity index (χ1v) is 3.77. The minimum atomic E-state index is -0.907. The number of nitriles is 1. The van der Waals surface area contributed by atoms with Crippen molar-refractivity contribution in [3.8, 4) is 6.07 Å². The van der Waals surface area contributed by atoms with Crippen molar-refractivity contribution in [1.29, 1.82) is 5.26 Å². The molecule has 1 atom stereocenters. The lowest BCUT2D eigenvalue weighted by atomic mass is 10.1. The smallest absolute Gasteiger partial charge is 0.304 e. The Morgan fingerprint density at radius 1 is 1.58 bits per heavy atom.